The highest BCUT2D eigenvalue weighted by atomic mass is 79.9. The molecular weight excluding hydrogens is 270 g/mol. The zero-order valence-electron chi connectivity index (χ0n) is 9.11. The third-order valence-corrected chi connectivity index (χ3v) is 3.41. The second-order valence-electron chi connectivity index (χ2n) is 4.15. The molecule has 2 rings (SSSR count). The van der Waals surface area contributed by atoms with Gasteiger partial charge in [0.15, 0.2) is 0 Å². The number of nitrogens with zero attached hydrogens (tertiary/aromatic N) is 1. The van der Waals surface area contributed by atoms with E-state index in [-0.39, 0.29) is 5.91 Å². The predicted octanol–water partition coefficient (Wildman–Crippen LogP) is 2.25. The van der Waals surface area contributed by atoms with Gasteiger partial charge in [0.2, 0.25) is 5.91 Å². The number of carbonyl (C=O) groups is 1. The number of aliphatic hydroxyl groups excluding tert-OH is 1. The van der Waals surface area contributed by atoms with Gasteiger partial charge in [-0.1, -0.05) is 6.07 Å². The first kappa shape index (κ1) is 11.6. The molecule has 1 aromatic rings. The average molecular weight is 284 g/mol. The summed E-state index contributed by atoms with van der Waals surface area (Å²) in [6.07, 6.45) is 0.575. The number of β-amino-alcohol motifs (C(OH)–C–C–N with tert-alkyl or cyclic N) is 1. The molecule has 1 aliphatic heterocycles. The van der Waals surface area contributed by atoms with Gasteiger partial charge < -0.3 is 10.0 Å². The predicted molar refractivity (Wildman–Crippen MR) is 66.5 cm³/mol. The monoisotopic (exact) mass is 283 g/mol. The molecular formula is C12H14BrNO2. The first-order chi connectivity index (χ1) is 7.58. The van der Waals surface area contributed by atoms with Crippen molar-refractivity contribution in [2.75, 3.05) is 11.4 Å². The maximum atomic E-state index is 11.8. The Morgan fingerprint density at radius 1 is 1.50 bits per heavy atom. The summed E-state index contributed by atoms with van der Waals surface area (Å²) in [5.41, 5.74) is 1.98. The SMILES string of the molecule is Cc1ccc(N2CC(O)CCC2=O)c(Br)c1. The van der Waals surface area contributed by atoms with E-state index in [0.717, 1.165) is 15.7 Å². The molecule has 1 heterocycles. The third kappa shape index (κ3) is 2.28. The number of benzene rings is 1. The number of halogens is 1. The lowest BCUT2D eigenvalue weighted by molar-refractivity contribution is -0.121. The lowest BCUT2D eigenvalue weighted by Crippen LogP contribution is -2.42. The van der Waals surface area contributed by atoms with Gasteiger partial charge in [-0.15, -0.1) is 0 Å². The van der Waals surface area contributed by atoms with Crippen LogP contribution in [-0.4, -0.2) is 23.7 Å². The Morgan fingerprint density at radius 2 is 2.25 bits per heavy atom. The van der Waals surface area contributed by atoms with Gasteiger partial charge in [0.1, 0.15) is 0 Å². The summed E-state index contributed by atoms with van der Waals surface area (Å²) in [4.78, 5) is 13.4. The normalized spacial score (nSPS) is 21.3. The van der Waals surface area contributed by atoms with Gasteiger partial charge in [0.25, 0.3) is 0 Å². The summed E-state index contributed by atoms with van der Waals surface area (Å²) in [6.45, 7) is 2.39. The van der Waals surface area contributed by atoms with Gasteiger partial charge in [0, 0.05) is 10.9 Å². The summed E-state index contributed by atoms with van der Waals surface area (Å²) in [7, 11) is 0. The van der Waals surface area contributed by atoms with E-state index in [2.05, 4.69) is 15.9 Å². The van der Waals surface area contributed by atoms with Crippen LogP contribution in [0.25, 0.3) is 0 Å². The van der Waals surface area contributed by atoms with Crippen molar-refractivity contribution in [3.63, 3.8) is 0 Å². The zero-order chi connectivity index (χ0) is 11.7. The smallest absolute Gasteiger partial charge is 0.227 e. The fourth-order valence-electron chi connectivity index (χ4n) is 1.89. The van der Waals surface area contributed by atoms with Crippen molar-refractivity contribution in [3.05, 3.63) is 28.2 Å². The number of aryl methyl sites for hydroxylation is 1. The van der Waals surface area contributed by atoms with Crippen molar-refractivity contribution in [2.45, 2.75) is 25.9 Å². The number of piperidine rings is 1. The Kier molecular flexibility index (Phi) is 3.30. The summed E-state index contributed by atoms with van der Waals surface area (Å²) in [5.74, 6) is 0.0786. The van der Waals surface area contributed by atoms with Crippen molar-refractivity contribution in [1.29, 1.82) is 0 Å². The molecule has 1 amide bonds. The first-order valence-corrected chi connectivity index (χ1v) is 6.12. The highest BCUT2D eigenvalue weighted by Gasteiger charge is 2.26. The third-order valence-electron chi connectivity index (χ3n) is 2.78. The second-order valence-corrected chi connectivity index (χ2v) is 5.01. The lowest BCUT2D eigenvalue weighted by atomic mass is 10.1. The molecule has 0 radical (unpaired) electrons. The van der Waals surface area contributed by atoms with Gasteiger partial charge >= 0.3 is 0 Å². The van der Waals surface area contributed by atoms with E-state index in [1.54, 1.807) is 4.90 Å². The second kappa shape index (κ2) is 4.55. The van der Waals surface area contributed by atoms with Crippen LogP contribution in [0.5, 0.6) is 0 Å². The van der Waals surface area contributed by atoms with Crippen LogP contribution in [0.15, 0.2) is 22.7 Å². The van der Waals surface area contributed by atoms with Crippen molar-refractivity contribution >= 4 is 27.5 Å². The van der Waals surface area contributed by atoms with Gasteiger partial charge in [0.05, 0.1) is 18.3 Å². The number of anilines is 1. The molecule has 0 aliphatic carbocycles. The van der Waals surface area contributed by atoms with Crippen LogP contribution in [0.3, 0.4) is 0 Å². The van der Waals surface area contributed by atoms with Crippen LogP contribution in [0, 0.1) is 6.92 Å². The van der Waals surface area contributed by atoms with Crippen LogP contribution in [0.2, 0.25) is 0 Å². The Labute approximate surface area is 103 Å². The summed E-state index contributed by atoms with van der Waals surface area (Å²) < 4.78 is 0.898. The molecule has 1 aliphatic rings. The molecule has 3 nitrogen and oxygen atoms in total. The zero-order valence-corrected chi connectivity index (χ0v) is 10.7. The molecule has 1 aromatic carbocycles. The summed E-state index contributed by atoms with van der Waals surface area (Å²) >= 11 is 3.45. The van der Waals surface area contributed by atoms with E-state index in [0.29, 0.717) is 19.4 Å². The minimum Gasteiger partial charge on any atom is -0.391 e. The van der Waals surface area contributed by atoms with Crippen molar-refractivity contribution in [3.8, 4) is 0 Å². The molecule has 0 spiro atoms. The largest absolute Gasteiger partial charge is 0.391 e. The quantitative estimate of drug-likeness (QED) is 0.859. The Morgan fingerprint density at radius 3 is 2.94 bits per heavy atom. The highest BCUT2D eigenvalue weighted by Crippen LogP contribution is 2.29. The number of amides is 1. The van der Waals surface area contributed by atoms with Crippen molar-refractivity contribution in [1.82, 2.24) is 0 Å². The molecule has 0 bridgehead atoms. The van der Waals surface area contributed by atoms with E-state index >= 15 is 0 Å². The minimum absolute atomic E-state index is 0.0786. The first-order valence-electron chi connectivity index (χ1n) is 5.32. The van der Waals surface area contributed by atoms with E-state index < -0.39 is 6.10 Å². The van der Waals surface area contributed by atoms with Gasteiger partial charge in [-0.3, -0.25) is 4.79 Å². The van der Waals surface area contributed by atoms with Crippen LogP contribution in [-0.2, 0) is 4.79 Å². The number of rotatable bonds is 1. The maximum Gasteiger partial charge on any atom is 0.227 e. The standard InChI is InChI=1S/C12H14BrNO2/c1-8-2-4-11(10(13)6-8)14-7-9(15)3-5-12(14)16/h2,4,6,9,15H,3,5,7H2,1H3. The number of hydrogen-bond acceptors (Lipinski definition) is 2. The molecule has 1 unspecified atom stereocenters. The molecule has 1 fully saturated rings. The Balaban J connectivity index is 2.31. The van der Waals surface area contributed by atoms with E-state index in [1.807, 2.05) is 25.1 Å². The number of hydrogen-bond donors (Lipinski definition) is 1. The molecule has 0 aromatic heterocycles. The van der Waals surface area contributed by atoms with Gasteiger partial charge in [-0.25, -0.2) is 0 Å². The van der Waals surface area contributed by atoms with Crippen LogP contribution < -0.4 is 4.90 Å². The average Bonchev–Trinajstić information content (AvgIpc) is 2.22. The van der Waals surface area contributed by atoms with E-state index in [1.165, 1.54) is 0 Å². The number of carbonyl (C=O) groups excluding carboxylic acids is 1. The fourth-order valence-corrected chi connectivity index (χ4v) is 2.60. The van der Waals surface area contributed by atoms with E-state index in [9.17, 15) is 9.90 Å². The molecule has 1 saturated heterocycles. The van der Waals surface area contributed by atoms with E-state index in [4.69, 9.17) is 0 Å². The highest BCUT2D eigenvalue weighted by molar-refractivity contribution is 9.10. The maximum absolute atomic E-state index is 11.8. The topological polar surface area (TPSA) is 40.5 Å². The van der Waals surface area contributed by atoms with Gasteiger partial charge in [-0.05, 0) is 47.0 Å². The Bertz CT molecular complexity index is 419. The Hall–Kier alpha value is -0.870. The minimum atomic E-state index is -0.411. The molecule has 0 saturated carbocycles. The molecule has 1 atom stereocenters. The number of aliphatic hydroxyl groups is 1. The lowest BCUT2D eigenvalue weighted by Gasteiger charge is -2.30. The summed E-state index contributed by atoms with van der Waals surface area (Å²) in [5, 5.41) is 9.59. The molecule has 16 heavy (non-hydrogen) atoms. The fraction of sp³-hybridized carbons (Fsp3) is 0.417. The molecule has 86 valence electrons. The van der Waals surface area contributed by atoms with Crippen LogP contribution in [0.1, 0.15) is 18.4 Å². The molecule has 4 heteroatoms. The van der Waals surface area contributed by atoms with Crippen molar-refractivity contribution in [2.24, 2.45) is 0 Å². The van der Waals surface area contributed by atoms with Crippen LogP contribution >= 0.6 is 15.9 Å². The van der Waals surface area contributed by atoms with Gasteiger partial charge in [-0.2, -0.15) is 0 Å². The molecule has 1 N–H and O–H groups in total. The summed E-state index contributed by atoms with van der Waals surface area (Å²) in [6, 6.07) is 5.85. The van der Waals surface area contributed by atoms with Crippen LogP contribution in [0.4, 0.5) is 5.69 Å². The van der Waals surface area contributed by atoms with Crippen molar-refractivity contribution < 1.29 is 9.90 Å².